The predicted molar refractivity (Wildman–Crippen MR) is 202 cm³/mol. The third kappa shape index (κ3) is 10.1. The van der Waals surface area contributed by atoms with Crippen molar-refractivity contribution < 1.29 is 57.9 Å². The maximum atomic E-state index is 13.7. The fourth-order valence-corrected chi connectivity index (χ4v) is 6.38. The summed E-state index contributed by atoms with van der Waals surface area (Å²) < 4.78 is 127. The predicted octanol–water partition coefficient (Wildman–Crippen LogP) is 6.24. The lowest BCUT2D eigenvalue weighted by Crippen LogP contribution is -2.29. The molecule has 2 aromatic carbocycles. The summed E-state index contributed by atoms with van der Waals surface area (Å²) in [5.74, 6) is -0.837. The van der Waals surface area contributed by atoms with Crippen LogP contribution in [0.15, 0.2) is 61.2 Å². The van der Waals surface area contributed by atoms with E-state index in [0.29, 0.717) is 28.6 Å². The number of fused-ring (bicyclic) bond motifs is 2. The Kier molecular flexibility index (Phi) is 12.4. The van der Waals surface area contributed by atoms with Crippen molar-refractivity contribution in [3.05, 3.63) is 83.7 Å². The molecule has 0 saturated carbocycles. The van der Waals surface area contributed by atoms with E-state index in [0.717, 1.165) is 24.5 Å². The number of nitriles is 2. The lowest BCUT2D eigenvalue weighted by molar-refractivity contribution is -0.139. The maximum absolute atomic E-state index is 13.7. The highest BCUT2D eigenvalue weighted by molar-refractivity contribution is 7.85. The Bertz CT molecular complexity index is 2830. The van der Waals surface area contributed by atoms with Crippen LogP contribution in [0.1, 0.15) is 22.5 Å². The van der Waals surface area contributed by atoms with E-state index in [2.05, 4.69) is 24.1 Å². The van der Waals surface area contributed by atoms with Gasteiger partial charge in [0.1, 0.15) is 61.1 Å². The zero-order chi connectivity index (χ0) is 44.3. The molecule has 0 spiro atoms. The number of imidazole rings is 2. The Morgan fingerprint density at radius 1 is 0.754 bits per heavy atom. The standard InChI is InChI=1S/C20H16F3N5O3.C18H15F3N4O4S/c1-27-11-25-18-15(10-24)26-14(9-16(18)27)12-2-3-17(13(8-12)20(21,22)23)30-6-4-28-5-7-31-19(28)29;1-25-10-23-17-14(9-22)24-13(8-15(17)25)11-3-4-16(12(7-11)18(19,20)21)28-5-6-29-30(2,26)27/h2-3,8-9,11H,4-7H2,1H3;3-4,7-8,10H,5-6H2,1-2H3. The average Bonchev–Trinajstić information content (AvgIpc) is 3.92. The third-order valence-corrected chi connectivity index (χ3v) is 9.50. The summed E-state index contributed by atoms with van der Waals surface area (Å²) in [6.45, 7) is -0.205. The molecule has 16 nitrogen and oxygen atoms in total. The third-order valence-electron chi connectivity index (χ3n) is 8.90. The van der Waals surface area contributed by atoms with Gasteiger partial charge in [0.2, 0.25) is 0 Å². The van der Waals surface area contributed by atoms with Gasteiger partial charge in [-0.1, -0.05) is 0 Å². The molecule has 5 heterocycles. The first-order valence-corrected chi connectivity index (χ1v) is 19.5. The fraction of sp³-hybridized carbons (Fsp3) is 0.289. The lowest BCUT2D eigenvalue weighted by Gasteiger charge is -2.17. The van der Waals surface area contributed by atoms with Crippen LogP contribution in [0, 0.1) is 22.7 Å². The highest BCUT2D eigenvalue weighted by Gasteiger charge is 2.36. The van der Waals surface area contributed by atoms with Gasteiger partial charge in [-0.05, 0) is 48.5 Å². The zero-order valence-electron chi connectivity index (χ0n) is 32.1. The minimum absolute atomic E-state index is 0.00471. The molecule has 4 aromatic heterocycles. The topological polar surface area (TPSA) is 200 Å². The van der Waals surface area contributed by atoms with Gasteiger partial charge in [0.15, 0.2) is 11.4 Å². The number of cyclic esters (lactones) is 1. The monoisotopic (exact) mass is 871 g/mol. The van der Waals surface area contributed by atoms with Gasteiger partial charge in [0.25, 0.3) is 10.1 Å². The fourth-order valence-electron chi connectivity index (χ4n) is 6.01. The van der Waals surface area contributed by atoms with Crippen LogP contribution in [-0.4, -0.2) is 94.3 Å². The summed E-state index contributed by atoms with van der Waals surface area (Å²) in [4.78, 5) is 29.3. The first-order chi connectivity index (χ1) is 28.8. The van der Waals surface area contributed by atoms with Crippen molar-refractivity contribution >= 4 is 38.3 Å². The number of hydrogen-bond acceptors (Lipinski definition) is 13. The average molecular weight is 872 g/mol. The summed E-state index contributed by atoms with van der Waals surface area (Å²) in [7, 11) is -0.319. The Morgan fingerprint density at radius 2 is 1.23 bits per heavy atom. The number of amides is 1. The summed E-state index contributed by atoms with van der Waals surface area (Å²) in [5, 5.41) is 18.7. The molecule has 0 aliphatic carbocycles. The van der Waals surface area contributed by atoms with Gasteiger partial charge in [-0.2, -0.15) is 45.3 Å². The van der Waals surface area contributed by atoms with Gasteiger partial charge in [0.05, 0.1) is 65.5 Å². The number of rotatable bonds is 11. The second-order valence-corrected chi connectivity index (χ2v) is 14.8. The van der Waals surface area contributed by atoms with Crippen molar-refractivity contribution in [2.75, 3.05) is 45.8 Å². The highest BCUT2D eigenvalue weighted by Crippen LogP contribution is 2.40. The number of carbonyl (C=O) groups excluding carboxylic acids is 1. The molecule has 1 fully saturated rings. The van der Waals surface area contributed by atoms with Crippen molar-refractivity contribution in [3.8, 4) is 46.2 Å². The highest BCUT2D eigenvalue weighted by atomic mass is 32.2. The number of ether oxygens (including phenoxy) is 3. The number of alkyl halides is 6. The molecule has 0 radical (unpaired) electrons. The van der Waals surface area contributed by atoms with E-state index in [1.165, 1.54) is 35.8 Å². The molecule has 1 amide bonds. The zero-order valence-corrected chi connectivity index (χ0v) is 32.9. The second kappa shape index (κ2) is 17.3. The smallest absolute Gasteiger partial charge is 0.419 e. The minimum Gasteiger partial charge on any atom is -0.491 e. The quantitative estimate of drug-likeness (QED) is 0.0806. The molecular weight excluding hydrogens is 841 g/mol. The summed E-state index contributed by atoms with van der Waals surface area (Å²) >= 11 is 0. The van der Waals surface area contributed by atoms with Crippen LogP contribution < -0.4 is 9.47 Å². The molecule has 1 aliphatic rings. The van der Waals surface area contributed by atoms with Crippen LogP contribution in [0.25, 0.3) is 44.6 Å². The summed E-state index contributed by atoms with van der Waals surface area (Å²) in [6.07, 6.45) is -6.12. The number of hydrogen-bond donors (Lipinski definition) is 0. The van der Waals surface area contributed by atoms with E-state index in [1.807, 2.05) is 12.1 Å². The molecule has 1 saturated heterocycles. The number of benzene rings is 2. The normalized spacial score (nSPS) is 13.1. The minimum atomic E-state index is -4.74. The second-order valence-electron chi connectivity index (χ2n) is 13.1. The molecule has 1 aliphatic heterocycles. The molecule has 318 valence electrons. The van der Waals surface area contributed by atoms with Gasteiger partial charge in [0, 0.05) is 25.2 Å². The largest absolute Gasteiger partial charge is 0.491 e. The van der Waals surface area contributed by atoms with E-state index in [4.69, 9.17) is 14.2 Å². The number of aromatic nitrogens is 6. The molecule has 7 rings (SSSR count). The Hall–Kier alpha value is -6.98. The molecule has 23 heteroatoms. The van der Waals surface area contributed by atoms with Crippen LogP contribution in [0.2, 0.25) is 0 Å². The Labute approximate surface area is 342 Å². The Morgan fingerprint density at radius 3 is 1.64 bits per heavy atom. The van der Waals surface area contributed by atoms with Crippen molar-refractivity contribution in [2.45, 2.75) is 12.4 Å². The molecule has 0 atom stereocenters. The van der Waals surface area contributed by atoms with Crippen LogP contribution >= 0.6 is 0 Å². The van der Waals surface area contributed by atoms with Crippen LogP contribution in [0.5, 0.6) is 11.5 Å². The van der Waals surface area contributed by atoms with Crippen molar-refractivity contribution in [3.63, 3.8) is 0 Å². The maximum Gasteiger partial charge on any atom is 0.419 e. The van der Waals surface area contributed by atoms with E-state index in [-0.39, 0.29) is 59.4 Å². The van der Waals surface area contributed by atoms with Crippen molar-refractivity contribution in [1.82, 2.24) is 34.0 Å². The SMILES string of the molecule is Cn1cnc2c(C#N)nc(-c3ccc(OCCN4CCOC4=O)c(C(F)(F)F)c3)cc21.Cn1cnc2c(C#N)nc(-c3ccc(OCCOS(C)(=O)=O)c(C(F)(F)F)c3)cc21. The molecule has 61 heavy (non-hydrogen) atoms. The van der Waals surface area contributed by atoms with Crippen LogP contribution in [-0.2, 0) is 45.5 Å². The molecule has 6 aromatic rings. The number of halogens is 6. The van der Waals surface area contributed by atoms with Crippen molar-refractivity contribution in [1.29, 1.82) is 10.5 Å². The first kappa shape index (κ1) is 43.6. The van der Waals surface area contributed by atoms with Gasteiger partial charge in [-0.25, -0.2) is 24.7 Å². The first-order valence-electron chi connectivity index (χ1n) is 17.7. The van der Waals surface area contributed by atoms with E-state index in [9.17, 15) is 50.1 Å². The van der Waals surface area contributed by atoms with Crippen LogP contribution in [0.4, 0.5) is 31.1 Å². The van der Waals surface area contributed by atoms with Crippen LogP contribution in [0.3, 0.4) is 0 Å². The van der Waals surface area contributed by atoms with Crippen molar-refractivity contribution in [2.24, 2.45) is 14.1 Å². The molecular formula is C38H31F6N9O7S. The van der Waals surface area contributed by atoms with Gasteiger partial charge < -0.3 is 28.2 Å². The van der Waals surface area contributed by atoms with Gasteiger partial charge in [-0.15, -0.1) is 0 Å². The Balaban J connectivity index is 0.000000204. The van der Waals surface area contributed by atoms with Gasteiger partial charge >= 0.3 is 18.4 Å². The van der Waals surface area contributed by atoms with Gasteiger partial charge in [-0.3, -0.25) is 4.18 Å². The lowest BCUT2D eigenvalue weighted by atomic mass is 10.1. The van der Waals surface area contributed by atoms with E-state index in [1.54, 1.807) is 35.4 Å². The van der Waals surface area contributed by atoms with E-state index >= 15 is 0 Å². The molecule has 0 N–H and O–H groups in total. The summed E-state index contributed by atoms with van der Waals surface area (Å²) in [6, 6.07) is 13.9. The number of nitrogens with zero attached hydrogens (tertiary/aromatic N) is 9. The molecule has 0 bridgehead atoms. The van der Waals surface area contributed by atoms with E-state index < -0.39 is 58.7 Å². The molecule has 0 unspecified atom stereocenters. The number of carbonyl (C=O) groups is 1. The number of aryl methyl sites for hydroxylation is 2. The number of pyridine rings is 2. The summed E-state index contributed by atoms with van der Waals surface area (Å²) in [5.41, 5.74) is 0.527.